The van der Waals surface area contributed by atoms with Gasteiger partial charge in [0, 0.05) is 45.3 Å². The summed E-state index contributed by atoms with van der Waals surface area (Å²) in [5.74, 6) is 0.239. The molecular formula is C20H31N3O3. The van der Waals surface area contributed by atoms with Crippen LogP contribution in [0, 0.1) is 0 Å². The topological polar surface area (TPSA) is 54.9 Å². The fourth-order valence-electron chi connectivity index (χ4n) is 3.87. The van der Waals surface area contributed by atoms with Crippen LogP contribution in [0.2, 0.25) is 0 Å². The van der Waals surface area contributed by atoms with E-state index < -0.39 is 0 Å². The third-order valence-electron chi connectivity index (χ3n) is 5.06. The van der Waals surface area contributed by atoms with Crippen molar-refractivity contribution < 1.29 is 14.3 Å². The van der Waals surface area contributed by atoms with Gasteiger partial charge in [0.25, 0.3) is 0 Å². The second-order valence-electron chi connectivity index (χ2n) is 7.50. The minimum atomic E-state index is 0.109. The number of pyridine rings is 1. The maximum atomic E-state index is 12.6. The Morgan fingerprint density at radius 3 is 2.81 bits per heavy atom. The Balaban J connectivity index is 1.41. The van der Waals surface area contributed by atoms with Gasteiger partial charge in [0.05, 0.1) is 30.6 Å². The summed E-state index contributed by atoms with van der Waals surface area (Å²) in [6, 6.07) is 5.84. The van der Waals surface area contributed by atoms with Gasteiger partial charge in [-0.3, -0.25) is 14.7 Å². The Morgan fingerprint density at radius 1 is 1.27 bits per heavy atom. The van der Waals surface area contributed by atoms with Crippen molar-refractivity contribution in [3.05, 3.63) is 30.1 Å². The SMILES string of the molecule is C[C@@H]1CN(CCC(=O)N2CCCC(OCc3ccccn3)C2)C[C@H](C)O1. The van der Waals surface area contributed by atoms with Gasteiger partial charge in [0.2, 0.25) is 5.91 Å². The summed E-state index contributed by atoms with van der Waals surface area (Å²) < 4.78 is 11.7. The van der Waals surface area contributed by atoms with Crippen LogP contribution < -0.4 is 0 Å². The molecule has 3 atom stereocenters. The van der Waals surface area contributed by atoms with E-state index in [9.17, 15) is 4.79 Å². The van der Waals surface area contributed by atoms with Crippen LogP contribution in [-0.4, -0.2) is 71.7 Å². The van der Waals surface area contributed by atoms with Crippen molar-refractivity contribution in [1.29, 1.82) is 0 Å². The molecule has 0 bridgehead atoms. The van der Waals surface area contributed by atoms with Crippen molar-refractivity contribution >= 4 is 5.91 Å². The predicted molar refractivity (Wildman–Crippen MR) is 99.7 cm³/mol. The lowest BCUT2D eigenvalue weighted by Crippen LogP contribution is -2.48. The molecule has 1 aromatic heterocycles. The highest BCUT2D eigenvalue weighted by Crippen LogP contribution is 2.16. The van der Waals surface area contributed by atoms with E-state index in [0.29, 0.717) is 19.6 Å². The number of hydrogen-bond donors (Lipinski definition) is 0. The van der Waals surface area contributed by atoms with E-state index in [2.05, 4.69) is 23.7 Å². The smallest absolute Gasteiger partial charge is 0.223 e. The van der Waals surface area contributed by atoms with Gasteiger partial charge in [0.15, 0.2) is 0 Å². The van der Waals surface area contributed by atoms with Gasteiger partial charge >= 0.3 is 0 Å². The maximum Gasteiger partial charge on any atom is 0.223 e. The number of ether oxygens (including phenoxy) is 2. The zero-order chi connectivity index (χ0) is 18.4. The largest absolute Gasteiger partial charge is 0.373 e. The van der Waals surface area contributed by atoms with Gasteiger partial charge in [0.1, 0.15) is 0 Å². The molecule has 3 rings (SSSR count). The number of nitrogens with zero attached hydrogens (tertiary/aromatic N) is 3. The first-order valence-corrected chi connectivity index (χ1v) is 9.77. The first kappa shape index (κ1) is 19.3. The average Bonchev–Trinajstić information content (AvgIpc) is 2.65. The number of carbonyl (C=O) groups excluding carboxylic acids is 1. The van der Waals surface area contributed by atoms with E-state index in [-0.39, 0.29) is 24.2 Å². The van der Waals surface area contributed by atoms with Crippen molar-refractivity contribution in [2.75, 3.05) is 32.7 Å². The highest BCUT2D eigenvalue weighted by Gasteiger charge is 2.26. The minimum absolute atomic E-state index is 0.109. The highest BCUT2D eigenvalue weighted by atomic mass is 16.5. The van der Waals surface area contributed by atoms with Crippen molar-refractivity contribution in [3.63, 3.8) is 0 Å². The third kappa shape index (κ3) is 5.76. The maximum absolute atomic E-state index is 12.6. The second-order valence-corrected chi connectivity index (χ2v) is 7.50. The molecule has 2 saturated heterocycles. The van der Waals surface area contributed by atoms with Gasteiger partial charge in [-0.15, -0.1) is 0 Å². The van der Waals surface area contributed by atoms with Crippen LogP contribution in [0.1, 0.15) is 38.8 Å². The Hall–Kier alpha value is -1.50. The first-order valence-electron chi connectivity index (χ1n) is 9.77. The lowest BCUT2D eigenvalue weighted by Gasteiger charge is -2.36. The van der Waals surface area contributed by atoms with E-state index in [1.165, 1.54) is 0 Å². The molecule has 0 saturated carbocycles. The van der Waals surface area contributed by atoms with Gasteiger partial charge in [-0.1, -0.05) is 6.07 Å². The normalized spacial score (nSPS) is 27.5. The molecule has 26 heavy (non-hydrogen) atoms. The molecule has 144 valence electrons. The predicted octanol–water partition coefficient (Wildman–Crippen LogP) is 2.09. The van der Waals surface area contributed by atoms with Crippen LogP contribution in [0.15, 0.2) is 24.4 Å². The number of carbonyl (C=O) groups is 1. The molecule has 6 nitrogen and oxygen atoms in total. The molecule has 2 aliphatic rings. The molecule has 3 heterocycles. The Bertz CT molecular complexity index is 559. The summed E-state index contributed by atoms with van der Waals surface area (Å²) >= 11 is 0. The molecular weight excluding hydrogens is 330 g/mol. The van der Waals surface area contributed by atoms with Crippen LogP contribution in [0.25, 0.3) is 0 Å². The molecule has 0 spiro atoms. The number of hydrogen-bond acceptors (Lipinski definition) is 5. The molecule has 1 amide bonds. The molecule has 2 fully saturated rings. The minimum Gasteiger partial charge on any atom is -0.373 e. The zero-order valence-corrected chi connectivity index (χ0v) is 16.0. The lowest BCUT2D eigenvalue weighted by molar-refractivity contribution is -0.136. The zero-order valence-electron chi connectivity index (χ0n) is 16.0. The Labute approximate surface area is 156 Å². The highest BCUT2D eigenvalue weighted by molar-refractivity contribution is 5.76. The summed E-state index contributed by atoms with van der Waals surface area (Å²) in [6.45, 7) is 8.88. The van der Waals surface area contributed by atoms with Gasteiger partial charge in [-0.2, -0.15) is 0 Å². The fourth-order valence-corrected chi connectivity index (χ4v) is 3.87. The van der Waals surface area contributed by atoms with Crippen LogP contribution in [0.5, 0.6) is 0 Å². The number of rotatable bonds is 6. The summed E-state index contributed by atoms with van der Waals surface area (Å²) in [6.07, 6.45) is 4.97. The Morgan fingerprint density at radius 2 is 2.08 bits per heavy atom. The molecule has 0 N–H and O–H groups in total. The van der Waals surface area contributed by atoms with Crippen LogP contribution >= 0.6 is 0 Å². The van der Waals surface area contributed by atoms with Crippen molar-refractivity contribution in [1.82, 2.24) is 14.8 Å². The second kappa shape index (κ2) is 9.44. The van der Waals surface area contributed by atoms with Gasteiger partial charge < -0.3 is 14.4 Å². The van der Waals surface area contributed by atoms with E-state index in [0.717, 1.165) is 44.7 Å². The summed E-state index contributed by atoms with van der Waals surface area (Å²) in [4.78, 5) is 21.2. The van der Waals surface area contributed by atoms with Crippen LogP contribution in [0.3, 0.4) is 0 Å². The average molecular weight is 361 g/mol. The lowest BCUT2D eigenvalue weighted by atomic mass is 10.1. The molecule has 6 heteroatoms. The number of piperidine rings is 1. The molecule has 0 aromatic carbocycles. The van der Waals surface area contributed by atoms with Crippen LogP contribution in [-0.2, 0) is 20.9 Å². The molecule has 2 aliphatic heterocycles. The van der Waals surface area contributed by atoms with E-state index >= 15 is 0 Å². The molecule has 0 radical (unpaired) electrons. The summed E-state index contributed by atoms with van der Waals surface area (Å²) in [7, 11) is 0. The van der Waals surface area contributed by atoms with E-state index in [1.54, 1.807) is 6.20 Å². The van der Waals surface area contributed by atoms with Crippen LogP contribution in [0.4, 0.5) is 0 Å². The quantitative estimate of drug-likeness (QED) is 0.777. The molecule has 1 unspecified atom stereocenters. The molecule has 1 aromatic rings. The third-order valence-corrected chi connectivity index (χ3v) is 5.06. The monoisotopic (exact) mass is 361 g/mol. The molecule has 0 aliphatic carbocycles. The summed E-state index contributed by atoms with van der Waals surface area (Å²) in [5.41, 5.74) is 0.937. The number of morpholine rings is 1. The Kier molecular flexibility index (Phi) is 7.00. The van der Waals surface area contributed by atoms with Crippen molar-refractivity contribution in [3.8, 4) is 0 Å². The first-order chi connectivity index (χ1) is 12.6. The summed E-state index contributed by atoms with van der Waals surface area (Å²) in [5, 5.41) is 0. The van der Waals surface area contributed by atoms with Crippen molar-refractivity contribution in [2.45, 2.75) is 58.0 Å². The van der Waals surface area contributed by atoms with Gasteiger partial charge in [-0.05, 0) is 38.8 Å². The van der Waals surface area contributed by atoms with Crippen molar-refractivity contribution in [2.24, 2.45) is 0 Å². The van der Waals surface area contributed by atoms with E-state index in [4.69, 9.17) is 9.47 Å². The fraction of sp³-hybridized carbons (Fsp3) is 0.700. The standard InChI is InChI=1S/C20H31N3O3/c1-16-12-22(13-17(2)26-16)11-8-20(24)23-10-5-7-19(14-23)25-15-18-6-3-4-9-21-18/h3-4,6,9,16-17,19H,5,7-8,10-15H2,1-2H3/t16-,17+,19?. The number of amides is 1. The van der Waals surface area contributed by atoms with Gasteiger partial charge in [-0.25, -0.2) is 0 Å². The van der Waals surface area contributed by atoms with E-state index in [1.807, 2.05) is 23.1 Å². The number of aromatic nitrogens is 1. The number of likely N-dealkylation sites (tertiary alicyclic amines) is 1.